The summed E-state index contributed by atoms with van der Waals surface area (Å²) >= 11 is 0. The standard InChI is InChI=1S/C14H18N4O2/c1-9(2)14(11-5-4-6-15-8-11)16-13(19)7-12-10(3)17-20-18-12/h4-6,8-9,14H,7H2,1-3H3,(H,16,19)/t14-/m0/s1. The van der Waals surface area contributed by atoms with Crippen molar-refractivity contribution in [1.29, 1.82) is 0 Å². The Morgan fingerprint density at radius 1 is 1.40 bits per heavy atom. The third-order valence-electron chi connectivity index (χ3n) is 3.10. The lowest BCUT2D eigenvalue weighted by Crippen LogP contribution is -2.33. The molecule has 20 heavy (non-hydrogen) atoms. The molecule has 0 saturated carbocycles. The molecule has 1 atom stereocenters. The van der Waals surface area contributed by atoms with Gasteiger partial charge in [0.25, 0.3) is 0 Å². The maximum Gasteiger partial charge on any atom is 0.226 e. The summed E-state index contributed by atoms with van der Waals surface area (Å²) in [5.41, 5.74) is 2.20. The van der Waals surface area contributed by atoms with Crippen LogP contribution in [0.3, 0.4) is 0 Å². The van der Waals surface area contributed by atoms with Crippen molar-refractivity contribution in [2.45, 2.75) is 33.2 Å². The molecule has 6 heteroatoms. The molecule has 1 N–H and O–H groups in total. The van der Waals surface area contributed by atoms with E-state index in [1.54, 1.807) is 19.3 Å². The van der Waals surface area contributed by atoms with Crippen LogP contribution in [-0.2, 0) is 11.2 Å². The average Bonchev–Trinajstić information content (AvgIpc) is 2.82. The zero-order valence-corrected chi connectivity index (χ0v) is 11.8. The maximum absolute atomic E-state index is 12.1. The Morgan fingerprint density at radius 3 is 2.75 bits per heavy atom. The number of carbonyl (C=O) groups is 1. The molecule has 0 aliphatic carbocycles. The van der Waals surface area contributed by atoms with Gasteiger partial charge in [-0.25, -0.2) is 4.63 Å². The summed E-state index contributed by atoms with van der Waals surface area (Å²) in [6, 6.07) is 3.75. The van der Waals surface area contributed by atoms with E-state index in [1.807, 2.05) is 12.1 Å². The fourth-order valence-electron chi connectivity index (χ4n) is 1.98. The number of aromatic nitrogens is 3. The van der Waals surface area contributed by atoms with E-state index in [-0.39, 0.29) is 24.3 Å². The smallest absolute Gasteiger partial charge is 0.226 e. The highest BCUT2D eigenvalue weighted by molar-refractivity contribution is 5.78. The van der Waals surface area contributed by atoms with Crippen LogP contribution in [0.15, 0.2) is 29.2 Å². The first-order valence-electron chi connectivity index (χ1n) is 6.55. The van der Waals surface area contributed by atoms with Crippen LogP contribution in [0, 0.1) is 12.8 Å². The minimum Gasteiger partial charge on any atom is -0.349 e. The van der Waals surface area contributed by atoms with Crippen molar-refractivity contribution in [1.82, 2.24) is 20.6 Å². The number of pyridine rings is 1. The molecule has 2 heterocycles. The van der Waals surface area contributed by atoms with Gasteiger partial charge in [-0.2, -0.15) is 0 Å². The highest BCUT2D eigenvalue weighted by Crippen LogP contribution is 2.20. The number of nitrogens with one attached hydrogen (secondary N) is 1. The van der Waals surface area contributed by atoms with Gasteiger partial charge < -0.3 is 5.32 Å². The van der Waals surface area contributed by atoms with E-state index in [1.165, 1.54) is 0 Å². The monoisotopic (exact) mass is 274 g/mol. The topological polar surface area (TPSA) is 80.9 Å². The van der Waals surface area contributed by atoms with Crippen LogP contribution < -0.4 is 5.32 Å². The lowest BCUT2D eigenvalue weighted by Gasteiger charge is -2.22. The van der Waals surface area contributed by atoms with Gasteiger partial charge in [0.15, 0.2) is 0 Å². The van der Waals surface area contributed by atoms with E-state index >= 15 is 0 Å². The van der Waals surface area contributed by atoms with Crippen molar-refractivity contribution in [2.75, 3.05) is 0 Å². The van der Waals surface area contributed by atoms with Crippen molar-refractivity contribution in [3.05, 3.63) is 41.5 Å². The molecular weight excluding hydrogens is 256 g/mol. The number of rotatable bonds is 5. The van der Waals surface area contributed by atoms with E-state index in [9.17, 15) is 4.79 Å². The van der Waals surface area contributed by atoms with Gasteiger partial charge in [-0.3, -0.25) is 9.78 Å². The van der Waals surface area contributed by atoms with E-state index in [0.29, 0.717) is 11.4 Å². The Labute approximate surface area is 117 Å². The molecule has 2 aromatic heterocycles. The molecule has 6 nitrogen and oxygen atoms in total. The Balaban J connectivity index is 2.06. The highest BCUT2D eigenvalue weighted by atomic mass is 16.6. The molecule has 0 spiro atoms. The van der Waals surface area contributed by atoms with Crippen LogP contribution in [0.4, 0.5) is 0 Å². The first-order valence-corrected chi connectivity index (χ1v) is 6.55. The Morgan fingerprint density at radius 2 is 2.20 bits per heavy atom. The summed E-state index contributed by atoms with van der Waals surface area (Å²) in [4.78, 5) is 16.2. The third-order valence-corrected chi connectivity index (χ3v) is 3.10. The number of carbonyl (C=O) groups excluding carboxylic acids is 1. The molecule has 0 fully saturated rings. The van der Waals surface area contributed by atoms with Crippen LogP contribution >= 0.6 is 0 Å². The number of nitrogens with zero attached hydrogens (tertiary/aromatic N) is 3. The van der Waals surface area contributed by atoms with Crippen LogP contribution in [-0.4, -0.2) is 21.2 Å². The van der Waals surface area contributed by atoms with Crippen molar-refractivity contribution in [3.63, 3.8) is 0 Å². The van der Waals surface area contributed by atoms with Crippen molar-refractivity contribution >= 4 is 5.91 Å². The largest absolute Gasteiger partial charge is 0.349 e. The Hall–Kier alpha value is -2.24. The fraction of sp³-hybridized carbons (Fsp3) is 0.429. The molecule has 0 aromatic carbocycles. The second-order valence-electron chi connectivity index (χ2n) is 5.05. The minimum absolute atomic E-state index is 0.0728. The molecular formula is C14H18N4O2. The van der Waals surface area contributed by atoms with Crippen LogP contribution in [0.1, 0.15) is 36.8 Å². The molecule has 0 radical (unpaired) electrons. The van der Waals surface area contributed by atoms with Crippen LogP contribution in [0.2, 0.25) is 0 Å². The molecule has 0 aliphatic rings. The van der Waals surface area contributed by atoms with E-state index in [4.69, 9.17) is 0 Å². The molecule has 0 bridgehead atoms. The predicted octanol–water partition coefficient (Wildman–Crippen LogP) is 1.83. The van der Waals surface area contributed by atoms with Crippen LogP contribution in [0.25, 0.3) is 0 Å². The molecule has 0 aliphatic heterocycles. The molecule has 1 amide bonds. The normalized spacial score (nSPS) is 12.4. The first kappa shape index (κ1) is 14.2. The minimum atomic E-state index is -0.105. The van der Waals surface area contributed by atoms with Gasteiger partial charge in [0.2, 0.25) is 5.91 Å². The van der Waals surface area contributed by atoms with Gasteiger partial charge in [0.05, 0.1) is 12.5 Å². The van der Waals surface area contributed by atoms with Gasteiger partial charge >= 0.3 is 0 Å². The summed E-state index contributed by atoms with van der Waals surface area (Å²) in [5.74, 6) is 0.158. The highest BCUT2D eigenvalue weighted by Gasteiger charge is 2.20. The summed E-state index contributed by atoms with van der Waals surface area (Å²) in [5, 5.41) is 10.4. The van der Waals surface area contributed by atoms with Crippen molar-refractivity contribution in [3.8, 4) is 0 Å². The van der Waals surface area contributed by atoms with E-state index in [0.717, 1.165) is 5.56 Å². The lowest BCUT2D eigenvalue weighted by atomic mass is 9.97. The van der Waals surface area contributed by atoms with Gasteiger partial charge in [-0.15, -0.1) is 0 Å². The molecule has 0 saturated heterocycles. The zero-order chi connectivity index (χ0) is 14.5. The summed E-state index contributed by atoms with van der Waals surface area (Å²) in [6.45, 7) is 5.88. The van der Waals surface area contributed by atoms with E-state index < -0.39 is 0 Å². The third kappa shape index (κ3) is 3.40. The summed E-state index contributed by atoms with van der Waals surface area (Å²) in [6.07, 6.45) is 3.65. The fourth-order valence-corrected chi connectivity index (χ4v) is 1.98. The lowest BCUT2D eigenvalue weighted by molar-refractivity contribution is -0.121. The van der Waals surface area contributed by atoms with Crippen molar-refractivity contribution < 1.29 is 9.42 Å². The Bertz CT molecular complexity index is 566. The SMILES string of the molecule is Cc1nonc1CC(=O)N[C@H](c1cccnc1)C(C)C. The Kier molecular flexibility index (Phi) is 4.45. The maximum atomic E-state index is 12.1. The van der Waals surface area contributed by atoms with Gasteiger partial charge in [0, 0.05) is 12.4 Å². The predicted molar refractivity (Wildman–Crippen MR) is 72.7 cm³/mol. The number of amides is 1. The van der Waals surface area contributed by atoms with E-state index in [2.05, 4.69) is 39.1 Å². The average molecular weight is 274 g/mol. The number of hydrogen-bond donors (Lipinski definition) is 1. The number of aryl methyl sites for hydroxylation is 1. The van der Waals surface area contributed by atoms with Gasteiger partial charge in [-0.05, 0) is 24.5 Å². The molecule has 2 rings (SSSR count). The van der Waals surface area contributed by atoms with Crippen LogP contribution in [0.5, 0.6) is 0 Å². The second kappa shape index (κ2) is 6.27. The van der Waals surface area contributed by atoms with Crippen molar-refractivity contribution in [2.24, 2.45) is 5.92 Å². The molecule has 0 unspecified atom stereocenters. The van der Waals surface area contributed by atoms with Gasteiger partial charge in [-0.1, -0.05) is 30.2 Å². The zero-order valence-electron chi connectivity index (χ0n) is 11.8. The quantitative estimate of drug-likeness (QED) is 0.899. The summed E-state index contributed by atoms with van der Waals surface area (Å²) < 4.78 is 4.59. The summed E-state index contributed by atoms with van der Waals surface area (Å²) in [7, 11) is 0. The van der Waals surface area contributed by atoms with Gasteiger partial charge in [0.1, 0.15) is 11.4 Å². The number of hydrogen-bond acceptors (Lipinski definition) is 5. The first-order chi connectivity index (χ1) is 9.58. The molecule has 2 aromatic rings. The second-order valence-corrected chi connectivity index (χ2v) is 5.05. The molecule has 106 valence electrons.